The van der Waals surface area contributed by atoms with Crippen molar-refractivity contribution in [3.8, 4) is 11.5 Å². The fourth-order valence-corrected chi connectivity index (χ4v) is 2.80. The van der Waals surface area contributed by atoms with E-state index in [1.165, 1.54) is 12.6 Å². The summed E-state index contributed by atoms with van der Waals surface area (Å²) in [6.45, 7) is 1.59. The van der Waals surface area contributed by atoms with Gasteiger partial charge in [-0.2, -0.15) is 0 Å². The number of anilines is 2. The predicted molar refractivity (Wildman–Crippen MR) is 94.6 cm³/mol. The SMILES string of the molecule is COc1ccc(Nc2cnc(C(=O)N3CCCCC3)cn2)c(OC)c1. The lowest BCUT2D eigenvalue weighted by Gasteiger charge is -2.26. The standard InChI is InChI=1S/C18H22N4O3/c1-24-13-6-7-14(16(10-13)25-2)21-17-12-19-15(11-20-17)18(23)22-8-4-3-5-9-22/h6-7,10-12H,3-5,8-9H2,1-2H3,(H,20,21). The molecule has 7 nitrogen and oxygen atoms in total. The molecule has 7 heteroatoms. The van der Waals surface area contributed by atoms with Crippen LogP contribution in [-0.2, 0) is 0 Å². The van der Waals surface area contributed by atoms with Gasteiger partial charge in [-0.05, 0) is 31.4 Å². The van der Waals surface area contributed by atoms with E-state index in [0.717, 1.165) is 31.6 Å². The molecule has 0 radical (unpaired) electrons. The van der Waals surface area contributed by atoms with Crippen LogP contribution in [0.25, 0.3) is 0 Å². The van der Waals surface area contributed by atoms with E-state index in [9.17, 15) is 4.79 Å². The molecule has 132 valence electrons. The van der Waals surface area contributed by atoms with E-state index in [2.05, 4.69) is 15.3 Å². The molecule has 0 unspecified atom stereocenters. The van der Waals surface area contributed by atoms with Crippen LogP contribution in [0.5, 0.6) is 11.5 Å². The second-order valence-electron chi connectivity index (χ2n) is 5.83. The molecule has 1 amide bonds. The largest absolute Gasteiger partial charge is 0.497 e. The van der Waals surface area contributed by atoms with Gasteiger partial charge < -0.3 is 19.7 Å². The van der Waals surface area contributed by atoms with E-state index < -0.39 is 0 Å². The first-order valence-electron chi connectivity index (χ1n) is 8.31. The molecule has 3 rings (SSSR count). The Morgan fingerprint density at radius 3 is 2.52 bits per heavy atom. The Balaban J connectivity index is 1.71. The second kappa shape index (κ2) is 7.83. The molecule has 0 saturated carbocycles. The van der Waals surface area contributed by atoms with Gasteiger partial charge in [-0.15, -0.1) is 0 Å². The van der Waals surface area contributed by atoms with Gasteiger partial charge in [-0.25, -0.2) is 9.97 Å². The van der Waals surface area contributed by atoms with Crippen LogP contribution in [0, 0.1) is 0 Å². The normalized spacial score (nSPS) is 14.1. The summed E-state index contributed by atoms with van der Waals surface area (Å²) in [5.74, 6) is 1.82. The molecule has 0 atom stereocenters. The first kappa shape index (κ1) is 17.0. The summed E-state index contributed by atoms with van der Waals surface area (Å²) in [6, 6.07) is 5.45. The summed E-state index contributed by atoms with van der Waals surface area (Å²) in [6.07, 6.45) is 6.35. The predicted octanol–water partition coefficient (Wildman–Crippen LogP) is 2.86. The molecular formula is C18H22N4O3. The Kier molecular flexibility index (Phi) is 5.33. The van der Waals surface area contributed by atoms with Gasteiger partial charge in [-0.3, -0.25) is 4.79 Å². The lowest BCUT2D eigenvalue weighted by molar-refractivity contribution is 0.0718. The summed E-state index contributed by atoms with van der Waals surface area (Å²) in [5.41, 5.74) is 1.11. The zero-order valence-electron chi connectivity index (χ0n) is 14.5. The van der Waals surface area contributed by atoms with Crippen molar-refractivity contribution in [1.29, 1.82) is 0 Å². The number of piperidine rings is 1. The van der Waals surface area contributed by atoms with Crippen LogP contribution in [0.15, 0.2) is 30.6 Å². The van der Waals surface area contributed by atoms with Crippen LogP contribution in [0.1, 0.15) is 29.8 Å². The molecule has 1 N–H and O–H groups in total. The third kappa shape index (κ3) is 3.99. The van der Waals surface area contributed by atoms with Gasteiger partial charge in [0.05, 0.1) is 32.3 Å². The Hall–Kier alpha value is -2.83. The summed E-state index contributed by atoms with van der Waals surface area (Å²) in [5, 5.41) is 3.14. The first-order chi connectivity index (χ1) is 12.2. The number of rotatable bonds is 5. The molecule has 0 aliphatic carbocycles. The van der Waals surface area contributed by atoms with E-state index >= 15 is 0 Å². The molecule has 2 heterocycles. The number of methoxy groups -OCH3 is 2. The number of aromatic nitrogens is 2. The molecule has 2 aromatic rings. The quantitative estimate of drug-likeness (QED) is 0.900. The number of nitrogens with one attached hydrogen (secondary N) is 1. The molecule has 1 aromatic carbocycles. The average molecular weight is 342 g/mol. The number of amides is 1. The third-order valence-electron chi connectivity index (χ3n) is 4.19. The maximum atomic E-state index is 12.4. The van der Waals surface area contributed by atoms with Gasteiger partial charge >= 0.3 is 0 Å². The molecule has 0 spiro atoms. The Bertz CT molecular complexity index is 728. The van der Waals surface area contributed by atoms with E-state index in [1.54, 1.807) is 26.5 Å². The van der Waals surface area contributed by atoms with Crippen LogP contribution in [0.2, 0.25) is 0 Å². The number of carbonyl (C=O) groups excluding carboxylic acids is 1. The van der Waals surface area contributed by atoms with E-state index in [4.69, 9.17) is 9.47 Å². The number of nitrogens with zero attached hydrogens (tertiary/aromatic N) is 3. The summed E-state index contributed by atoms with van der Waals surface area (Å²) in [7, 11) is 3.19. The van der Waals surface area contributed by atoms with Crippen molar-refractivity contribution in [2.24, 2.45) is 0 Å². The van der Waals surface area contributed by atoms with Crippen LogP contribution >= 0.6 is 0 Å². The molecule has 1 aromatic heterocycles. The first-order valence-corrected chi connectivity index (χ1v) is 8.31. The van der Waals surface area contributed by atoms with Gasteiger partial charge in [-0.1, -0.05) is 0 Å². The lowest BCUT2D eigenvalue weighted by atomic mass is 10.1. The van der Waals surface area contributed by atoms with Crippen molar-refractivity contribution >= 4 is 17.4 Å². The minimum atomic E-state index is -0.0548. The number of hydrogen-bond acceptors (Lipinski definition) is 6. The fraction of sp³-hybridized carbons (Fsp3) is 0.389. The van der Waals surface area contributed by atoms with Gasteiger partial charge in [0, 0.05) is 19.2 Å². The molecular weight excluding hydrogens is 320 g/mol. The van der Waals surface area contributed by atoms with Gasteiger partial charge in [0.2, 0.25) is 0 Å². The molecule has 25 heavy (non-hydrogen) atoms. The van der Waals surface area contributed by atoms with Gasteiger partial charge in [0.25, 0.3) is 5.91 Å². The summed E-state index contributed by atoms with van der Waals surface area (Å²) in [4.78, 5) is 22.8. The fourth-order valence-electron chi connectivity index (χ4n) is 2.80. The zero-order valence-corrected chi connectivity index (χ0v) is 14.5. The lowest BCUT2D eigenvalue weighted by Crippen LogP contribution is -2.36. The van der Waals surface area contributed by atoms with E-state index in [0.29, 0.717) is 23.0 Å². The monoisotopic (exact) mass is 342 g/mol. The Morgan fingerprint density at radius 2 is 1.88 bits per heavy atom. The van der Waals surface area contributed by atoms with Crippen molar-refractivity contribution in [2.45, 2.75) is 19.3 Å². The second-order valence-corrected chi connectivity index (χ2v) is 5.83. The van der Waals surface area contributed by atoms with Gasteiger partial charge in [0.15, 0.2) is 0 Å². The average Bonchev–Trinajstić information content (AvgIpc) is 2.69. The highest BCUT2D eigenvalue weighted by Gasteiger charge is 2.19. The van der Waals surface area contributed by atoms with Crippen molar-refractivity contribution < 1.29 is 14.3 Å². The Morgan fingerprint density at radius 1 is 1.08 bits per heavy atom. The molecule has 1 aliphatic rings. The number of carbonyl (C=O) groups is 1. The van der Waals surface area contributed by atoms with E-state index in [-0.39, 0.29) is 5.91 Å². The minimum Gasteiger partial charge on any atom is -0.497 e. The van der Waals surface area contributed by atoms with Crippen molar-refractivity contribution in [1.82, 2.24) is 14.9 Å². The number of hydrogen-bond donors (Lipinski definition) is 1. The summed E-state index contributed by atoms with van der Waals surface area (Å²) < 4.78 is 10.5. The van der Waals surface area contributed by atoms with Crippen LogP contribution in [0.4, 0.5) is 11.5 Å². The van der Waals surface area contributed by atoms with Crippen molar-refractivity contribution in [3.63, 3.8) is 0 Å². The molecule has 1 saturated heterocycles. The topological polar surface area (TPSA) is 76.6 Å². The number of likely N-dealkylation sites (tertiary alicyclic amines) is 1. The molecule has 1 fully saturated rings. The van der Waals surface area contributed by atoms with Crippen LogP contribution < -0.4 is 14.8 Å². The number of benzene rings is 1. The molecule has 1 aliphatic heterocycles. The minimum absolute atomic E-state index is 0.0548. The summed E-state index contributed by atoms with van der Waals surface area (Å²) >= 11 is 0. The van der Waals surface area contributed by atoms with Crippen molar-refractivity contribution in [2.75, 3.05) is 32.6 Å². The maximum Gasteiger partial charge on any atom is 0.274 e. The van der Waals surface area contributed by atoms with Crippen LogP contribution in [-0.4, -0.2) is 48.1 Å². The smallest absolute Gasteiger partial charge is 0.274 e. The van der Waals surface area contributed by atoms with Gasteiger partial charge in [0.1, 0.15) is 23.0 Å². The van der Waals surface area contributed by atoms with Crippen LogP contribution in [0.3, 0.4) is 0 Å². The zero-order chi connectivity index (χ0) is 17.6. The third-order valence-corrected chi connectivity index (χ3v) is 4.19. The highest BCUT2D eigenvalue weighted by atomic mass is 16.5. The molecule has 0 bridgehead atoms. The Labute approximate surface area is 147 Å². The maximum absolute atomic E-state index is 12.4. The highest BCUT2D eigenvalue weighted by Crippen LogP contribution is 2.30. The highest BCUT2D eigenvalue weighted by molar-refractivity contribution is 5.92. The van der Waals surface area contributed by atoms with E-state index in [1.807, 2.05) is 17.0 Å². The number of ether oxygens (including phenoxy) is 2. The van der Waals surface area contributed by atoms with Crippen molar-refractivity contribution in [3.05, 3.63) is 36.3 Å².